The number of carbonyl (C=O) groups is 2. The van der Waals surface area contributed by atoms with E-state index in [0.717, 1.165) is 12.1 Å². The zero-order valence-corrected chi connectivity index (χ0v) is 16.7. The number of phenols is 1. The van der Waals surface area contributed by atoms with Crippen LogP contribution in [0.4, 0.5) is 14.5 Å². The molecule has 0 aliphatic carbocycles. The largest absolute Gasteiger partial charge is 0.507 e. The molecule has 2 aromatic carbocycles. The van der Waals surface area contributed by atoms with Crippen LogP contribution in [0.15, 0.2) is 48.8 Å². The van der Waals surface area contributed by atoms with Crippen LogP contribution in [0.3, 0.4) is 0 Å². The van der Waals surface area contributed by atoms with Crippen molar-refractivity contribution in [3.8, 4) is 16.9 Å². The highest BCUT2D eigenvalue weighted by Crippen LogP contribution is 2.30. The smallest absolute Gasteiger partial charge is 0.201 e. The number of carbonyl (C=O) groups excluding carboxylic acids is 2. The summed E-state index contributed by atoms with van der Waals surface area (Å²) in [5, 5.41) is 10.2. The van der Waals surface area contributed by atoms with E-state index in [1.54, 1.807) is 12.1 Å². The number of phenolic OH excluding ortho intramolecular Hbond substituents is 1. The van der Waals surface area contributed by atoms with Crippen LogP contribution in [-0.4, -0.2) is 27.1 Å². The Kier molecular flexibility index (Phi) is 6.10. The van der Waals surface area contributed by atoms with Gasteiger partial charge in [-0.3, -0.25) is 9.59 Å². The number of halogens is 2. The Balaban J connectivity index is 0.00000132. The Hall–Kier alpha value is -4.07. The van der Waals surface area contributed by atoms with Crippen LogP contribution in [0.25, 0.3) is 22.2 Å². The van der Waals surface area contributed by atoms with Crippen LogP contribution in [0, 0.1) is 11.6 Å². The molecule has 0 spiro atoms. The van der Waals surface area contributed by atoms with Crippen molar-refractivity contribution < 1.29 is 23.5 Å². The molecule has 2 aromatic heterocycles. The highest BCUT2D eigenvalue weighted by molar-refractivity contribution is 6.16. The van der Waals surface area contributed by atoms with Crippen molar-refractivity contribution in [3.05, 3.63) is 77.1 Å². The molecule has 0 aliphatic heterocycles. The van der Waals surface area contributed by atoms with Crippen LogP contribution in [0.5, 0.6) is 5.75 Å². The zero-order valence-electron chi connectivity index (χ0n) is 16.7. The lowest BCUT2D eigenvalue weighted by atomic mass is 9.99. The maximum atomic E-state index is 14.3. The second-order valence-corrected chi connectivity index (χ2v) is 6.37. The maximum Gasteiger partial charge on any atom is 0.201 e. The van der Waals surface area contributed by atoms with Gasteiger partial charge >= 0.3 is 0 Å². The summed E-state index contributed by atoms with van der Waals surface area (Å²) < 4.78 is 28.4. The Morgan fingerprint density at radius 3 is 2.55 bits per heavy atom. The molecule has 0 radical (unpaired) electrons. The number of rotatable bonds is 4. The Labute approximate surface area is 176 Å². The summed E-state index contributed by atoms with van der Waals surface area (Å²) in [6.45, 7) is 4.00. The first-order valence-corrected chi connectivity index (χ1v) is 9.44. The first-order valence-electron chi connectivity index (χ1n) is 9.44. The van der Waals surface area contributed by atoms with Gasteiger partial charge in [0, 0.05) is 28.9 Å². The number of nitrogens with two attached hydrogens (primary N) is 1. The number of aromatic nitrogens is 2. The van der Waals surface area contributed by atoms with Gasteiger partial charge in [0.05, 0.1) is 16.8 Å². The molecule has 158 valence electrons. The summed E-state index contributed by atoms with van der Waals surface area (Å²) in [6.07, 6.45) is 3.35. The SMILES string of the molecule is CC.Nc1ccc(F)c(C(=O)c2c[nH]c3ncc(-c4ccc(C=O)c(O)c4)cc23)c1F. The average molecular weight is 423 g/mol. The van der Waals surface area contributed by atoms with Gasteiger partial charge in [0.15, 0.2) is 12.1 Å². The maximum absolute atomic E-state index is 14.3. The zero-order chi connectivity index (χ0) is 22.7. The normalized spacial score (nSPS) is 10.5. The number of hydrogen-bond donors (Lipinski definition) is 3. The van der Waals surface area contributed by atoms with E-state index in [2.05, 4.69) is 9.97 Å². The summed E-state index contributed by atoms with van der Waals surface area (Å²) in [7, 11) is 0. The van der Waals surface area contributed by atoms with E-state index >= 15 is 0 Å². The number of anilines is 1. The summed E-state index contributed by atoms with van der Waals surface area (Å²) >= 11 is 0. The van der Waals surface area contributed by atoms with Crippen LogP contribution < -0.4 is 5.73 Å². The fourth-order valence-electron chi connectivity index (χ4n) is 3.08. The van der Waals surface area contributed by atoms with E-state index < -0.39 is 23.0 Å². The topological polar surface area (TPSA) is 109 Å². The van der Waals surface area contributed by atoms with Gasteiger partial charge in [-0.15, -0.1) is 0 Å². The second kappa shape index (κ2) is 8.74. The highest BCUT2D eigenvalue weighted by atomic mass is 19.1. The lowest BCUT2D eigenvalue weighted by Gasteiger charge is -2.07. The first-order chi connectivity index (χ1) is 14.9. The molecule has 4 aromatic rings. The summed E-state index contributed by atoms with van der Waals surface area (Å²) in [5.41, 5.74) is 5.96. The van der Waals surface area contributed by atoms with Crippen molar-refractivity contribution in [2.24, 2.45) is 0 Å². The number of nitrogens with one attached hydrogen (secondary N) is 1. The minimum atomic E-state index is -1.12. The fourth-order valence-corrected chi connectivity index (χ4v) is 3.08. The summed E-state index contributed by atoms with van der Waals surface area (Å²) in [4.78, 5) is 30.7. The van der Waals surface area contributed by atoms with Crippen molar-refractivity contribution in [1.29, 1.82) is 0 Å². The monoisotopic (exact) mass is 423 g/mol. The Morgan fingerprint density at radius 2 is 1.87 bits per heavy atom. The molecular weight excluding hydrogens is 404 g/mol. The molecule has 0 saturated heterocycles. The third-order valence-corrected chi connectivity index (χ3v) is 4.61. The molecule has 0 amide bonds. The average Bonchev–Trinajstić information content (AvgIpc) is 3.21. The summed E-state index contributed by atoms with van der Waals surface area (Å²) in [5.74, 6) is -3.22. The van der Waals surface area contributed by atoms with Crippen molar-refractivity contribution in [2.75, 3.05) is 5.73 Å². The van der Waals surface area contributed by atoms with E-state index in [-0.39, 0.29) is 22.6 Å². The molecular formula is C23H19F2N3O3. The third kappa shape index (κ3) is 3.87. The van der Waals surface area contributed by atoms with Crippen LogP contribution >= 0.6 is 0 Å². The molecule has 8 heteroatoms. The predicted octanol–water partition coefficient (Wildman–Crippen LogP) is 4.87. The van der Waals surface area contributed by atoms with Crippen LogP contribution in [-0.2, 0) is 0 Å². The van der Waals surface area contributed by atoms with Crippen LogP contribution in [0.2, 0.25) is 0 Å². The van der Waals surface area contributed by atoms with Crippen molar-refractivity contribution in [2.45, 2.75) is 13.8 Å². The predicted molar refractivity (Wildman–Crippen MR) is 114 cm³/mol. The first kappa shape index (κ1) is 21.6. The molecule has 4 N–H and O–H groups in total. The number of nitrogens with zero attached hydrogens (tertiary/aromatic N) is 1. The quantitative estimate of drug-likeness (QED) is 0.247. The molecule has 0 fully saturated rings. The number of nitrogen functional groups attached to an aromatic ring is 1. The molecule has 4 rings (SSSR count). The number of hydrogen-bond acceptors (Lipinski definition) is 5. The van der Waals surface area contributed by atoms with E-state index in [4.69, 9.17) is 5.73 Å². The number of aromatic hydroxyl groups is 1. The minimum Gasteiger partial charge on any atom is -0.507 e. The lowest BCUT2D eigenvalue weighted by molar-refractivity contribution is 0.103. The number of benzene rings is 2. The minimum absolute atomic E-state index is 0.0199. The van der Waals surface area contributed by atoms with Crippen molar-refractivity contribution in [1.82, 2.24) is 9.97 Å². The number of fused-ring (bicyclic) bond motifs is 1. The van der Waals surface area contributed by atoms with E-state index in [1.807, 2.05) is 13.8 Å². The molecule has 6 nitrogen and oxygen atoms in total. The standard InChI is InChI=1S/C21H13F2N3O3.C2H6/c22-15-3-4-16(24)19(23)18(15)20(29)14-8-26-21-13(14)5-12(7-25-21)10-1-2-11(9-27)17(28)6-10;1-2/h1-9,28H,24H2,(H,25,26);1-2H3. The van der Waals surface area contributed by atoms with Gasteiger partial charge in [0.1, 0.15) is 17.2 Å². The lowest BCUT2D eigenvalue weighted by Crippen LogP contribution is -2.09. The molecule has 0 unspecified atom stereocenters. The van der Waals surface area contributed by atoms with Gasteiger partial charge in [-0.05, 0) is 35.9 Å². The van der Waals surface area contributed by atoms with Gasteiger partial charge in [-0.2, -0.15) is 0 Å². The number of pyridine rings is 1. The van der Waals surface area contributed by atoms with Gasteiger partial charge < -0.3 is 15.8 Å². The van der Waals surface area contributed by atoms with E-state index in [1.165, 1.54) is 24.5 Å². The fraction of sp³-hybridized carbons (Fsp3) is 0.0870. The number of aromatic amines is 1. The second-order valence-electron chi connectivity index (χ2n) is 6.37. The Bertz CT molecular complexity index is 1300. The third-order valence-electron chi connectivity index (χ3n) is 4.61. The molecule has 31 heavy (non-hydrogen) atoms. The number of H-pyrrole nitrogens is 1. The van der Waals surface area contributed by atoms with Crippen molar-refractivity contribution in [3.63, 3.8) is 0 Å². The number of ketones is 1. The molecule has 0 saturated carbocycles. The van der Waals surface area contributed by atoms with Crippen molar-refractivity contribution >= 4 is 28.8 Å². The number of aldehydes is 1. The van der Waals surface area contributed by atoms with E-state index in [0.29, 0.717) is 28.4 Å². The van der Waals surface area contributed by atoms with Gasteiger partial charge in [0.25, 0.3) is 0 Å². The van der Waals surface area contributed by atoms with Gasteiger partial charge in [-0.1, -0.05) is 19.9 Å². The Morgan fingerprint density at radius 1 is 1.13 bits per heavy atom. The molecule has 0 aliphatic rings. The van der Waals surface area contributed by atoms with Gasteiger partial charge in [0.2, 0.25) is 5.78 Å². The molecule has 0 bridgehead atoms. The highest BCUT2D eigenvalue weighted by Gasteiger charge is 2.24. The van der Waals surface area contributed by atoms with E-state index in [9.17, 15) is 23.5 Å². The molecule has 0 atom stereocenters. The van der Waals surface area contributed by atoms with Gasteiger partial charge in [-0.25, -0.2) is 13.8 Å². The van der Waals surface area contributed by atoms with Crippen LogP contribution in [0.1, 0.15) is 40.1 Å². The summed E-state index contributed by atoms with van der Waals surface area (Å²) in [6, 6.07) is 8.02. The molecule has 2 heterocycles.